The second-order valence-corrected chi connectivity index (χ2v) is 5.69. The van der Waals surface area contributed by atoms with Crippen molar-refractivity contribution in [2.24, 2.45) is 0 Å². The van der Waals surface area contributed by atoms with Gasteiger partial charge in [-0.2, -0.15) is 0 Å². The third kappa shape index (κ3) is 6.42. The van der Waals surface area contributed by atoms with Gasteiger partial charge in [0.2, 0.25) is 0 Å². The van der Waals surface area contributed by atoms with Crippen molar-refractivity contribution in [3.63, 3.8) is 0 Å². The van der Waals surface area contributed by atoms with Crippen molar-refractivity contribution in [3.05, 3.63) is 6.42 Å². The monoisotopic (exact) mass is 241 g/mol. The molecule has 0 aliphatic rings. The highest BCUT2D eigenvalue weighted by Gasteiger charge is 2.20. The molecule has 2 nitrogen and oxygen atoms in total. The predicted octanol–water partition coefficient (Wildman–Crippen LogP) is 3.53. The molecule has 103 valence electrons. The molecule has 0 aromatic carbocycles. The van der Waals surface area contributed by atoms with Gasteiger partial charge in [-0.05, 0) is 72.9 Å². The Morgan fingerprint density at radius 1 is 0.824 bits per heavy atom. The first-order valence-corrected chi connectivity index (χ1v) is 7.14. The Bertz CT molecular complexity index is 161. The van der Waals surface area contributed by atoms with Crippen molar-refractivity contribution in [3.8, 4) is 0 Å². The maximum absolute atomic E-state index is 3.43. The highest BCUT2D eigenvalue weighted by Crippen LogP contribution is 2.21. The lowest BCUT2D eigenvalue weighted by atomic mass is 9.89. The third-order valence-electron chi connectivity index (χ3n) is 4.57. The fourth-order valence-corrected chi connectivity index (χ4v) is 1.94. The van der Waals surface area contributed by atoms with E-state index in [9.17, 15) is 0 Å². The van der Waals surface area contributed by atoms with E-state index in [4.69, 9.17) is 0 Å². The molecular weight excluding hydrogens is 208 g/mol. The lowest BCUT2D eigenvalue weighted by Gasteiger charge is -2.29. The molecule has 0 bridgehead atoms. The molecule has 0 fully saturated rings. The molecule has 17 heavy (non-hydrogen) atoms. The van der Waals surface area contributed by atoms with Crippen molar-refractivity contribution in [2.75, 3.05) is 14.1 Å². The molecule has 0 aromatic rings. The smallest absolute Gasteiger partial charge is 0.0147 e. The van der Waals surface area contributed by atoms with Crippen molar-refractivity contribution < 1.29 is 0 Å². The minimum Gasteiger partial charge on any atom is -0.315 e. The summed E-state index contributed by atoms with van der Waals surface area (Å²) in [5, 5.41) is 6.85. The van der Waals surface area contributed by atoms with Crippen LogP contribution in [0.25, 0.3) is 0 Å². The van der Waals surface area contributed by atoms with Crippen LogP contribution in [0.3, 0.4) is 0 Å². The van der Waals surface area contributed by atoms with Crippen LogP contribution in [-0.2, 0) is 0 Å². The van der Waals surface area contributed by atoms with Gasteiger partial charge in [-0.15, -0.1) is 0 Å². The average Bonchev–Trinajstić information content (AvgIpc) is 2.37. The summed E-state index contributed by atoms with van der Waals surface area (Å²) in [6.45, 7) is 9.13. The summed E-state index contributed by atoms with van der Waals surface area (Å²) < 4.78 is 0. The first-order chi connectivity index (χ1) is 7.95. The SMILES string of the molecule is CCC(C)(CC[CH]CCC(C)(CC)NC)NC. The summed E-state index contributed by atoms with van der Waals surface area (Å²) in [5.74, 6) is 0. The van der Waals surface area contributed by atoms with E-state index in [2.05, 4.69) is 58.8 Å². The van der Waals surface area contributed by atoms with Crippen LogP contribution in [0.2, 0.25) is 0 Å². The predicted molar refractivity (Wildman–Crippen MR) is 78.3 cm³/mol. The van der Waals surface area contributed by atoms with Gasteiger partial charge in [-0.25, -0.2) is 0 Å². The lowest BCUT2D eigenvalue weighted by molar-refractivity contribution is 0.328. The Morgan fingerprint density at radius 3 is 1.41 bits per heavy atom. The topological polar surface area (TPSA) is 24.1 Å². The molecule has 0 spiro atoms. The number of nitrogens with one attached hydrogen (secondary N) is 2. The van der Waals surface area contributed by atoms with Crippen LogP contribution in [0.4, 0.5) is 0 Å². The Morgan fingerprint density at radius 2 is 1.18 bits per heavy atom. The third-order valence-corrected chi connectivity index (χ3v) is 4.57. The van der Waals surface area contributed by atoms with Crippen LogP contribution in [0, 0.1) is 6.42 Å². The Hall–Kier alpha value is -0.0800. The van der Waals surface area contributed by atoms with Gasteiger partial charge in [0.05, 0.1) is 0 Å². The molecule has 0 aliphatic heterocycles. The zero-order chi connectivity index (χ0) is 13.4. The normalized spacial score (nSPS) is 18.7. The Labute approximate surface area is 109 Å². The first-order valence-electron chi connectivity index (χ1n) is 7.14. The number of hydrogen-bond donors (Lipinski definition) is 2. The quantitative estimate of drug-likeness (QED) is 0.572. The van der Waals surface area contributed by atoms with E-state index in [1.54, 1.807) is 0 Å². The van der Waals surface area contributed by atoms with Gasteiger partial charge >= 0.3 is 0 Å². The van der Waals surface area contributed by atoms with Crippen LogP contribution in [-0.4, -0.2) is 25.2 Å². The van der Waals surface area contributed by atoms with E-state index in [-0.39, 0.29) is 0 Å². The summed E-state index contributed by atoms with van der Waals surface area (Å²) in [6.07, 6.45) is 9.76. The summed E-state index contributed by atoms with van der Waals surface area (Å²) in [6, 6.07) is 0. The number of hydrogen-bond acceptors (Lipinski definition) is 2. The largest absolute Gasteiger partial charge is 0.315 e. The molecule has 2 atom stereocenters. The molecule has 0 rings (SSSR count). The van der Waals surface area contributed by atoms with Gasteiger partial charge in [0.25, 0.3) is 0 Å². The average molecular weight is 241 g/mol. The minimum absolute atomic E-state index is 0.313. The maximum atomic E-state index is 3.43. The highest BCUT2D eigenvalue weighted by molar-refractivity contribution is 4.85. The Kier molecular flexibility index (Phi) is 8.06. The first kappa shape index (κ1) is 16.9. The molecule has 2 N–H and O–H groups in total. The summed E-state index contributed by atoms with van der Waals surface area (Å²) in [4.78, 5) is 0. The Balaban J connectivity index is 3.72. The molecule has 0 amide bonds. The molecule has 0 aromatic heterocycles. The summed E-state index contributed by atoms with van der Waals surface area (Å²) in [7, 11) is 4.14. The van der Waals surface area contributed by atoms with Crippen LogP contribution in [0.15, 0.2) is 0 Å². The number of rotatable bonds is 10. The van der Waals surface area contributed by atoms with Crippen molar-refractivity contribution in [1.82, 2.24) is 10.6 Å². The van der Waals surface area contributed by atoms with E-state index in [0.29, 0.717) is 11.1 Å². The van der Waals surface area contributed by atoms with Crippen molar-refractivity contribution >= 4 is 0 Å². The van der Waals surface area contributed by atoms with E-state index < -0.39 is 0 Å². The van der Waals surface area contributed by atoms with Crippen LogP contribution < -0.4 is 10.6 Å². The van der Waals surface area contributed by atoms with Crippen LogP contribution in [0.1, 0.15) is 66.2 Å². The molecular formula is C15H33N2. The van der Waals surface area contributed by atoms with Gasteiger partial charge in [0.1, 0.15) is 0 Å². The number of unbranched alkanes of at least 4 members (excludes halogenated alkanes) is 2. The molecule has 0 aliphatic carbocycles. The molecule has 0 saturated heterocycles. The van der Waals surface area contributed by atoms with E-state index in [0.717, 1.165) is 0 Å². The molecule has 2 heteroatoms. The van der Waals surface area contributed by atoms with E-state index >= 15 is 0 Å². The standard InChI is InChI=1S/C15H33N2/c1-7-14(3,16-5)12-10-9-11-13-15(4,8-2)17-6/h9,16-17H,7-8,10-13H2,1-6H3. The van der Waals surface area contributed by atoms with Gasteiger partial charge < -0.3 is 10.6 Å². The second kappa shape index (κ2) is 8.10. The fourth-order valence-electron chi connectivity index (χ4n) is 1.94. The van der Waals surface area contributed by atoms with Gasteiger partial charge in [0.15, 0.2) is 0 Å². The molecule has 1 radical (unpaired) electrons. The fraction of sp³-hybridized carbons (Fsp3) is 0.933. The zero-order valence-electron chi connectivity index (χ0n) is 12.8. The summed E-state index contributed by atoms with van der Waals surface area (Å²) >= 11 is 0. The molecule has 0 saturated carbocycles. The highest BCUT2D eigenvalue weighted by atomic mass is 14.9. The zero-order valence-corrected chi connectivity index (χ0v) is 12.8. The van der Waals surface area contributed by atoms with E-state index in [1.807, 2.05) is 0 Å². The van der Waals surface area contributed by atoms with Crippen LogP contribution >= 0.6 is 0 Å². The van der Waals surface area contributed by atoms with Gasteiger partial charge in [-0.1, -0.05) is 13.8 Å². The van der Waals surface area contributed by atoms with Crippen LogP contribution in [0.5, 0.6) is 0 Å². The molecule has 0 heterocycles. The van der Waals surface area contributed by atoms with Gasteiger partial charge in [0, 0.05) is 11.1 Å². The van der Waals surface area contributed by atoms with E-state index in [1.165, 1.54) is 38.5 Å². The summed E-state index contributed by atoms with van der Waals surface area (Å²) in [5.41, 5.74) is 0.626. The van der Waals surface area contributed by atoms with Crippen molar-refractivity contribution in [2.45, 2.75) is 77.3 Å². The second-order valence-electron chi connectivity index (χ2n) is 5.69. The van der Waals surface area contributed by atoms with Gasteiger partial charge in [-0.3, -0.25) is 0 Å². The van der Waals surface area contributed by atoms with Crippen molar-refractivity contribution in [1.29, 1.82) is 0 Å². The molecule has 2 unspecified atom stereocenters. The minimum atomic E-state index is 0.313. The lowest BCUT2D eigenvalue weighted by Crippen LogP contribution is -2.39. The maximum Gasteiger partial charge on any atom is 0.0147 e.